The van der Waals surface area contributed by atoms with E-state index < -0.39 is 0 Å². The Bertz CT molecular complexity index is 356. The Kier molecular flexibility index (Phi) is 3.25. The van der Waals surface area contributed by atoms with Crippen molar-refractivity contribution in [2.24, 2.45) is 0 Å². The van der Waals surface area contributed by atoms with Crippen LogP contribution < -0.4 is 0 Å². The molecule has 14 heavy (non-hydrogen) atoms. The summed E-state index contributed by atoms with van der Waals surface area (Å²) in [5.74, 6) is -0.0686. The van der Waals surface area contributed by atoms with Crippen LogP contribution in [0.15, 0.2) is 12.1 Å². The van der Waals surface area contributed by atoms with Crippen LogP contribution in [-0.2, 0) is 11.3 Å². The fourth-order valence-electron chi connectivity index (χ4n) is 1.37. The van der Waals surface area contributed by atoms with Gasteiger partial charge < -0.3 is 9.84 Å². The lowest BCUT2D eigenvalue weighted by Crippen LogP contribution is -1.98. The van der Waals surface area contributed by atoms with Gasteiger partial charge in [-0.2, -0.15) is 0 Å². The summed E-state index contributed by atoms with van der Waals surface area (Å²) in [5, 5.41) is 9.60. The summed E-state index contributed by atoms with van der Waals surface area (Å²) in [6, 6.07) is 3.47. The van der Waals surface area contributed by atoms with Crippen LogP contribution in [0.4, 0.5) is 0 Å². The number of methoxy groups -OCH3 is 1. The number of aryl methyl sites for hydroxylation is 1. The summed E-state index contributed by atoms with van der Waals surface area (Å²) in [6.45, 7) is 3.65. The second kappa shape index (κ2) is 4.24. The van der Waals surface area contributed by atoms with E-state index in [9.17, 15) is 9.90 Å². The number of phenolic OH excluding ortho intramolecular Hbond substituents is 1. The minimum Gasteiger partial charge on any atom is -0.507 e. The molecule has 0 aliphatic rings. The molecule has 0 unspecified atom stereocenters. The summed E-state index contributed by atoms with van der Waals surface area (Å²) in [6.07, 6.45) is 0. The fraction of sp³-hybridized carbons (Fsp3) is 0.364. The van der Waals surface area contributed by atoms with E-state index in [2.05, 4.69) is 0 Å². The monoisotopic (exact) mass is 194 g/mol. The van der Waals surface area contributed by atoms with Gasteiger partial charge in [0.2, 0.25) is 0 Å². The molecule has 1 rings (SSSR count). The van der Waals surface area contributed by atoms with Crippen LogP contribution >= 0.6 is 0 Å². The van der Waals surface area contributed by atoms with Gasteiger partial charge in [0.25, 0.3) is 0 Å². The minimum atomic E-state index is -0.136. The Balaban J connectivity index is 3.21. The molecule has 0 atom stereocenters. The van der Waals surface area contributed by atoms with Gasteiger partial charge in [0.05, 0.1) is 12.2 Å². The largest absolute Gasteiger partial charge is 0.507 e. The number of benzene rings is 1. The highest BCUT2D eigenvalue weighted by Gasteiger charge is 2.10. The van der Waals surface area contributed by atoms with Gasteiger partial charge in [0.1, 0.15) is 5.75 Å². The Morgan fingerprint density at radius 2 is 2.14 bits per heavy atom. The smallest absolute Gasteiger partial charge is 0.163 e. The first-order valence-electron chi connectivity index (χ1n) is 4.38. The molecule has 0 heterocycles. The highest BCUT2D eigenvalue weighted by molar-refractivity contribution is 5.97. The van der Waals surface area contributed by atoms with Crippen molar-refractivity contribution < 1.29 is 14.6 Å². The van der Waals surface area contributed by atoms with Crippen LogP contribution in [0.3, 0.4) is 0 Å². The van der Waals surface area contributed by atoms with Crippen molar-refractivity contribution in [1.29, 1.82) is 0 Å². The van der Waals surface area contributed by atoms with Gasteiger partial charge in [0, 0.05) is 7.11 Å². The second-order valence-electron chi connectivity index (χ2n) is 3.30. The number of phenols is 1. The molecule has 0 radical (unpaired) electrons. The number of ketones is 1. The first kappa shape index (κ1) is 10.7. The van der Waals surface area contributed by atoms with Gasteiger partial charge in [0.15, 0.2) is 5.78 Å². The summed E-state index contributed by atoms with van der Waals surface area (Å²) < 4.78 is 4.96. The molecule has 1 N–H and O–H groups in total. The molecular formula is C11H14O3. The molecule has 3 heteroatoms. The number of Topliss-reactive ketones (excluding diaryl/α,β-unsaturated/α-hetero) is 1. The molecule has 3 nitrogen and oxygen atoms in total. The van der Waals surface area contributed by atoms with E-state index in [1.165, 1.54) is 6.92 Å². The Labute approximate surface area is 83.3 Å². The average Bonchev–Trinajstić information content (AvgIpc) is 2.11. The number of rotatable bonds is 3. The van der Waals surface area contributed by atoms with E-state index in [1.807, 2.05) is 6.07 Å². The fourth-order valence-corrected chi connectivity index (χ4v) is 1.37. The lowest BCUT2D eigenvalue weighted by Gasteiger charge is -2.07. The maximum Gasteiger partial charge on any atom is 0.163 e. The first-order chi connectivity index (χ1) is 6.56. The van der Waals surface area contributed by atoms with Crippen LogP contribution in [0.1, 0.15) is 28.4 Å². The van der Waals surface area contributed by atoms with E-state index in [0.717, 1.165) is 5.56 Å². The van der Waals surface area contributed by atoms with Crippen molar-refractivity contribution in [3.63, 3.8) is 0 Å². The highest BCUT2D eigenvalue weighted by Crippen LogP contribution is 2.24. The topological polar surface area (TPSA) is 46.5 Å². The van der Waals surface area contributed by atoms with Gasteiger partial charge in [-0.25, -0.2) is 0 Å². The van der Waals surface area contributed by atoms with Crippen LogP contribution in [0.2, 0.25) is 0 Å². The van der Waals surface area contributed by atoms with E-state index in [-0.39, 0.29) is 11.5 Å². The Morgan fingerprint density at radius 3 is 2.64 bits per heavy atom. The first-order valence-corrected chi connectivity index (χ1v) is 4.38. The standard InChI is InChI=1S/C11H14O3/c1-7-4-9(6-14-3)5-10(8(2)12)11(7)13/h4-5,13H,6H2,1-3H3. The number of hydrogen-bond donors (Lipinski definition) is 1. The summed E-state index contributed by atoms with van der Waals surface area (Å²) in [5.41, 5.74) is 1.95. The summed E-state index contributed by atoms with van der Waals surface area (Å²) in [7, 11) is 1.59. The lowest BCUT2D eigenvalue weighted by atomic mass is 10.0. The number of aromatic hydroxyl groups is 1. The molecule has 0 saturated heterocycles. The zero-order valence-corrected chi connectivity index (χ0v) is 8.63. The van der Waals surface area contributed by atoms with Gasteiger partial charge in [-0.15, -0.1) is 0 Å². The minimum absolute atomic E-state index is 0.0670. The maximum absolute atomic E-state index is 11.2. The van der Waals surface area contributed by atoms with E-state index >= 15 is 0 Å². The van der Waals surface area contributed by atoms with Crippen LogP contribution in [0, 0.1) is 6.92 Å². The molecule has 76 valence electrons. The molecule has 1 aromatic carbocycles. The third-order valence-electron chi connectivity index (χ3n) is 2.05. The molecule has 0 amide bonds. The highest BCUT2D eigenvalue weighted by atomic mass is 16.5. The molecule has 0 saturated carbocycles. The number of carbonyl (C=O) groups excluding carboxylic acids is 1. The lowest BCUT2D eigenvalue weighted by molar-refractivity contribution is 0.101. The van der Waals surface area contributed by atoms with E-state index in [4.69, 9.17) is 4.74 Å². The predicted molar refractivity (Wildman–Crippen MR) is 53.6 cm³/mol. The van der Waals surface area contributed by atoms with E-state index in [1.54, 1.807) is 20.1 Å². The number of hydrogen-bond acceptors (Lipinski definition) is 3. The quantitative estimate of drug-likeness (QED) is 0.749. The molecular weight excluding hydrogens is 180 g/mol. The summed E-state index contributed by atoms with van der Waals surface area (Å²) >= 11 is 0. The van der Waals surface area contributed by atoms with Crippen molar-refractivity contribution in [3.05, 3.63) is 28.8 Å². The van der Waals surface area contributed by atoms with Gasteiger partial charge in [-0.3, -0.25) is 4.79 Å². The molecule has 0 aromatic heterocycles. The third-order valence-corrected chi connectivity index (χ3v) is 2.05. The van der Waals surface area contributed by atoms with Gasteiger partial charge >= 0.3 is 0 Å². The maximum atomic E-state index is 11.2. The van der Waals surface area contributed by atoms with Crippen LogP contribution in [0.25, 0.3) is 0 Å². The zero-order chi connectivity index (χ0) is 10.7. The summed E-state index contributed by atoms with van der Waals surface area (Å²) in [4.78, 5) is 11.2. The molecule has 0 fully saturated rings. The molecule has 0 aliphatic heterocycles. The zero-order valence-electron chi connectivity index (χ0n) is 8.63. The molecule has 0 bridgehead atoms. The average molecular weight is 194 g/mol. The van der Waals surface area contributed by atoms with Crippen LogP contribution in [0.5, 0.6) is 5.75 Å². The van der Waals surface area contributed by atoms with Crippen LogP contribution in [-0.4, -0.2) is 18.0 Å². The van der Waals surface area contributed by atoms with E-state index in [0.29, 0.717) is 17.7 Å². The number of carbonyl (C=O) groups is 1. The number of ether oxygens (including phenoxy) is 1. The molecule has 1 aromatic rings. The SMILES string of the molecule is COCc1cc(C)c(O)c(C(C)=O)c1. The normalized spacial score (nSPS) is 10.2. The predicted octanol–water partition coefficient (Wildman–Crippen LogP) is 2.05. The van der Waals surface area contributed by atoms with Gasteiger partial charge in [-0.05, 0) is 31.0 Å². The molecule has 0 aliphatic carbocycles. The van der Waals surface area contributed by atoms with Crippen molar-refractivity contribution in [2.75, 3.05) is 7.11 Å². The van der Waals surface area contributed by atoms with Crippen molar-refractivity contribution in [1.82, 2.24) is 0 Å². The van der Waals surface area contributed by atoms with Crippen molar-refractivity contribution in [2.45, 2.75) is 20.5 Å². The van der Waals surface area contributed by atoms with Crippen molar-refractivity contribution in [3.8, 4) is 5.75 Å². The Morgan fingerprint density at radius 1 is 1.50 bits per heavy atom. The second-order valence-corrected chi connectivity index (χ2v) is 3.30. The Hall–Kier alpha value is -1.35. The van der Waals surface area contributed by atoms with Crippen molar-refractivity contribution >= 4 is 5.78 Å². The van der Waals surface area contributed by atoms with Gasteiger partial charge in [-0.1, -0.05) is 6.07 Å². The molecule has 0 spiro atoms. The third kappa shape index (κ3) is 2.12.